The lowest BCUT2D eigenvalue weighted by Crippen LogP contribution is -2.14. The normalized spacial score (nSPS) is 10.7. The first-order chi connectivity index (χ1) is 13.2. The summed E-state index contributed by atoms with van der Waals surface area (Å²) in [6.45, 7) is 0. The van der Waals surface area contributed by atoms with Crippen molar-refractivity contribution in [3.8, 4) is 22.7 Å². The van der Waals surface area contributed by atoms with Crippen LogP contribution in [0.4, 0.5) is 5.69 Å². The Balaban J connectivity index is 1.44. The molecule has 0 spiro atoms. The second-order valence-corrected chi connectivity index (χ2v) is 5.80. The first-order valence-electron chi connectivity index (χ1n) is 8.15. The van der Waals surface area contributed by atoms with Gasteiger partial charge in [-0.15, -0.1) is 0 Å². The molecule has 27 heavy (non-hydrogen) atoms. The predicted octanol–water partition coefficient (Wildman–Crippen LogP) is 2.87. The number of rotatable bonds is 5. The number of aromatic nitrogens is 3. The van der Waals surface area contributed by atoms with E-state index in [1.165, 1.54) is 0 Å². The van der Waals surface area contributed by atoms with Crippen molar-refractivity contribution in [2.24, 2.45) is 0 Å². The second kappa shape index (κ2) is 7.12. The Morgan fingerprint density at radius 2 is 1.78 bits per heavy atom. The molecule has 0 bridgehead atoms. The van der Waals surface area contributed by atoms with Crippen molar-refractivity contribution in [1.29, 1.82) is 0 Å². The molecular weight excluding hydrogens is 348 g/mol. The topological polar surface area (TPSA) is 114 Å². The van der Waals surface area contributed by atoms with E-state index in [9.17, 15) is 9.59 Å². The van der Waals surface area contributed by atoms with E-state index in [1.807, 2.05) is 30.3 Å². The molecule has 2 N–H and O–H groups in total. The summed E-state index contributed by atoms with van der Waals surface area (Å²) >= 11 is 0. The fourth-order valence-corrected chi connectivity index (χ4v) is 2.60. The van der Waals surface area contributed by atoms with Crippen LogP contribution in [-0.4, -0.2) is 21.2 Å². The maximum atomic E-state index is 12.3. The second-order valence-electron chi connectivity index (χ2n) is 5.80. The van der Waals surface area contributed by atoms with E-state index in [-0.39, 0.29) is 12.3 Å². The Morgan fingerprint density at radius 1 is 0.963 bits per heavy atom. The van der Waals surface area contributed by atoms with Gasteiger partial charge in [-0.1, -0.05) is 52.8 Å². The SMILES string of the molecule is O=C(Cc1cc(-c2ccccc2)on1)Nc1cccc(-c2noc(=O)[nH]2)c1. The van der Waals surface area contributed by atoms with Gasteiger partial charge in [0.15, 0.2) is 11.6 Å². The van der Waals surface area contributed by atoms with Gasteiger partial charge in [0.1, 0.15) is 0 Å². The first kappa shape index (κ1) is 16.5. The van der Waals surface area contributed by atoms with Gasteiger partial charge in [-0.05, 0) is 12.1 Å². The summed E-state index contributed by atoms with van der Waals surface area (Å²) < 4.78 is 9.79. The summed E-state index contributed by atoms with van der Waals surface area (Å²) in [5.41, 5.74) is 2.61. The summed E-state index contributed by atoms with van der Waals surface area (Å²) in [5.74, 6) is 0.0175. The number of hydrogen-bond acceptors (Lipinski definition) is 6. The van der Waals surface area contributed by atoms with E-state index in [1.54, 1.807) is 30.3 Å². The van der Waals surface area contributed by atoms with Crippen molar-refractivity contribution >= 4 is 11.6 Å². The highest BCUT2D eigenvalue weighted by atomic mass is 16.5. The van der Waals surface area contributed by atoms with Crippen LogP contribution < -0.4 is 11.1 Å². The zero-order chi connectivity index (χ0) is 18.6. The molecule has 8 heteroatoms. The van der Waals surface area contributed by atoms with Gasteiger partial charge in [0.05, 0.1) is 12.1 Å². The number of nitrogens with one attached hydrogen (secondary N) is 2. The fraction of sp³-hybridized carbons (Fsp3) is 0.0526. The molecule has 0 atom stereocenters. The highest BCUT2D eigenvalue weighted by Gasteiger charge is 2.12. The van der Waals surface area contributed by atoms with Crippen LogP contribution in [0.25, 0.3) is 22.7 Å². The molecule has 2 heterocycles. The third-order valence-electron chi connectivity index (χ3n) is 3.82. The summed E-state index contributed by atoms with van der Waals surface area (Å²) in [7, 11) is 0. The molecule has 0 radical (unpaired) electrons. The molecule has 0 unspecified atom stereocenters. The Hall–Kier alpha value is -3.94. The van der Waals surface area contributed by atoms with Crippen molar-refractivity contribution in [3.63, 3.8) is 0 Å². The Morgan fingerprint density at radius 3 is 2.56 bits per heavy atom. The number of carbonyl (C=O) groups is 1. The van der Waals surface area contributed by atoms with Gasteiger partial charge in [-0.2, -0.15) is 0 Å². The molecule has 2 aromatic heterocycles. The third kappa shape index (κ3) is 3.84. The summed E-state index contributed by atoms with van der Waals surface area (Å²) in [5, 5.41) is 10.4. The minimum atomic E-state index is -0.639. The average molecular weight is 362 g/mol. The highest BCUT2D eigenvalue weighted by molar-refractivity contribution is 5.92. The molecule has 0 aliphatic carbocycles. The maximum Gasteiger partial charge on any atom is 0.439 e. The number of nitrogens with zero attached hydrogens (tertiary/aromatic N) is 2. The van der Waals surface area contributed by atoms with Crippen LogP contribution in [0.15, 0.2) is 74.5 Å². The van der Waals surface area contributed by atoms with Crippen LogP contribution in [0.3, 0.4) is 0 Å². The minimum absolute atomic E-state index is 0.0708. The van der Waals surface area contributed by atoms with E-state index < -0.39 is 5.76 Å². The zero-order valence-electron chi connectivity index (χ0n) is 14.0. The summed E-state index contributed by atoms with van der Waals surface area (Å²) in [6, 6.07) is 18.2. The molecule has 8 nitrogen and oxygen atoms in total. The number of anilines is 1. The van der Waals surface area contributed by atoms with Crippen LogP contribution in [-0.2, 0) is 11.2 Å². The molecule has 4 aromatic rings. The summed E-state index contributed by atoms with van der Waals surface area (Å²) in [4.78, 5) is 25.8. The lowest BCUT2D eigenvalue weighted by Gasteiger charge is -2.05. The van der Waals surface area contributed by atoms with Gasteiger partial charge in [0.2, 0.25) is 5.91 Å². The average Bonchev–Trinajstić information content (AvgIpc) is 3.32. The van der Waals surface area contributed by atoms with E-state index in [0.29, 0.717) is 28.5 Å². The summed E-state index contributed by atoms with van der Waals surface area (Å²) in [6.07, 6.45) is 0.0708. The predicted molar refractivity (Wildman–Crippen MR) is 96.8 cm³/mol. The van der Waals surface area contributed by atoms with Crippen molar-refractivity contribution < 1.29 is 13.8 Å². The van der Waals surface area contributed by atoms with Gasteiger partial charge in [-0.3, -0.25) is 14.3 Å². The van der Waals surface area contributed by atoms with Crippen LogP contribution in [0.5, 0.6) is 0 Å². The molecule has 0 saturated heterocycles. The van der Waals surface area contributed by atoms with Crippen LogP contribution >= 0.6 is 0 Å². The number of amides is 1. The van der Waals surface area contributed by atoms with E-state index >= 15 is 0 Å². The number of carbonyl (C=O) groups excluding carboxylic acids is 1. The smallest absolute Gasteiger partial charge is 0.356 e. The van der Waals surface area contributed by atoms with Crippen molar-refractivity contribution in [2.75, 3.05) is 5.32 Å². The Bertz CT molecular complexity index is 1130. The first-order valence-corrected chi connectivity index (χ1v) is 8.15. The minimum Gasteiger partial charge on any atom is -0.356 e. The number of aromatic amines is 1. The number of hydrogen-bond donors (Lipinski definition) is 2. The van der Waals surface area contributed by atoms with Crippen LogP contribution in [0.2, 0.25) is 0 Å². The monoisotopic (exact) mass is 362 g/mol. The molecule has 4 rings (SSSR count). The fourth-order valence-electron chi connectivity index (χ4n) is 2.60. The van der Waals surface area contributed by atoms with Gasteiger partial charge >= 0.3 is 5.76 Å². The number of benzene rings is 2. The third-order valence-corrected chi connectivity index (χ3v) is 3.82. The quantitative estimate of drug-likeness (QED) is 0.564. The van der Waals surface area contributed by atoms with Gasteiger partial charge in [-0.25, -0.2) is 4.79 Å². The Labute approximate surface area is 152 Å². The molecule has 0 aliphatic heterocycles. The zero-order valence-corrected chi connectivity index (χ0v) is 14.0. The molecular formula is C19H14N4O4. The Kier molecular flexibility index (Phi) is 4.36. The number of H-pyrrole nitrogens is 1. The molecule has 0 saturated carbocycles. The lowest BCUT2D eigenvalue weighted by atomic mass is 10.1. The van der Waals surface area contributed by atoms with E-state index in [2.05, 4.69) is 25.1 Å². The molecule has 134 valence electrons. The standard InChI is InChI=1S/C19H14N4O4/c24-17(11-15-10-16(26-22-15)12-5-2-1-3-6-12)20-14-8-4-7-13(9-14)18-21-19(25)27-23-18/h1-10H,11H2,(H,20,24)(H,21,23,25). The van der Waals surface area contributed by atoms with Crippen LogP contribution in [0.1, 0.15) is 5.69 Å². The van der Waals surface area contributed by atoms with Gasteiger partial charge in [0.25, 0.3) is 0 Å². The van der Waals surface area contributed by atoms with Gasteiger partial charge in [0, 0.05) is 22.9 Å². The van der Waals surface area contributed by atoms with E-state index in [4.69, 9.17) is 4.52 Å². The highest BCUT2D eigenvalue weighted by Crippen LogP contribution is 2.21. The molecule has 0 fully saturated rings. The molecule has 1 amide bonds. The van der Waals surface area contributed by atoms with Crippen LogP contribution in [0, 0.1) is 0 Å². The van der Waals surface area contributed by atoms with Crippen molar-refractivity contribution in [1.82, 2.24) is 15.3 Å². The van der Waals surface area contributed by atoms with Crippen molar-refractivity contribution in [2.45, 2.75) is 6.42 Å². The lowest BCUT2D eigenvalue weighted by molar-refractivity contribution is -0.115. The maximum absolute atomic E-state index is 12.3. The van der Waals surface area contributed by atoms with Gasteiger partial charge < -0.3 is 9.84 Å². The van der Waals surface area contributed by atoms with Crippen molar-refractivity contribution in [3.05, 3.63) is 76.9 Å². The molecule has 0 aliphatic rings. The molecule has 2 aromatic carbocycles. The largest absolute Gasteiger partial charge is 0.439 e. The van der Waals surface area contributed by atoms with E-state index in [0.717, 1.165) is 5.56 Å².